The smallest absolute Gasteiger partial charge is 0.185 e. The highest BCUT2D eigenvalue weighted by atomic mass is 32.1. The third-order valence-corrected chi connectivity index (χ3v) is 3.49. The number of rotatable bonds is 3. The molecule has 1 N–H and O–H groups in total. The molecule has 1 aromatic rings. The Kier molecular flexibility index (Phi) is 3.47. The van der Waals surface area contributed by atoms with Crippen molar-refractivity contribution >= 4 is 16.5 Å². The summed E-state index contributed by atoms with van der Waals surface area (Å²) in [5, 5.41) is 10.8. The van der Waals surface area contributed by atoms with Crippen LogP contribution >= 0.6 is 11.3 Å². The van der Waals surface area contributed by atoms with Crippen molar-refractivity contribution in [2.75, 3.05) is 31.2 Å². The van der Waals surface area contributed by atoms with Gasteiger partial charge in [0.1, 0.15) is 0 Å². The molecule has 0 bridgehead atoms. The number of morpholine rings is 1. The van der Waals surface area contributed by atoms with Crippen LogP contribution < -0.4 is 4.90 Å². The third-order valence-electron chi connectivity index (χ3n) is 2.43. The van der Waals surface area contributed by atoms with Gasteiger partial charge in [-0.25, -0.2) is 4.98 Å². The quantitative estimate of drug-likeness (QED) is 0.867. The van der Waals surface area contributed by atoms with Crippen molar-refractivity contribution in [3.63, 3.8) is 0 Å². The van der Waals surface area contributed by atoms with E-state index in [2.05, 4.69) is 9.88 Å². The number of hydrogen-bond acceptors (Lipinski definition) is 5. The molecule has 2 rings (SSSR count). The van der Waals surface area contributed by atoms with E-state index in [0.29, 0.717) is 6.42 Å². The van der Waals surface area contributed by atoms with Gasteiger partial charge < -0.3 is 14.7 Å². The monoisotopic (exact) mass is 242 g/mol. The van der Waals surface area contributed by atoms with Crippen molar-refractivity contribution in [3.8, 4) is 0 Å². The van der Waals surface area contributed by atoms with Crippen molar-refractivity contribution in [2.45, 2.75) is 25.9 Å². The molecule has 1 aromatic heterocycles. The minimum absolute atomic E-state index is 0.658. The number of aliphatic hydroxyl groups is 1. The first-order valence-electron chi connectivity index (χ1n) is 5.54. The molecular formula is C11H18N2O2S. The van der Waals surface area contributed by atoms with Crippen molar-refractivity contribution in [2.24, 2.45) is 0 Å². The fourth-order valence-electron chi connectivity index (χ4n) is 1.71. The molecule has 0 atom stereocenters. The number of ether oxygens (including phenoxy) is 1. The van der Waals surface area contributed by atoms with E-state index in [9.17, 15) is 5.11 Å². The highest BCUT2D eigenvalue weighted by Crippen LogP contribution is 2.26. The number of anilines is 1. The predicted octanol–water partition coefficient (Wildman–Crippen LogP) is 1.29. The zero-order valence-corrected chi connectivity index (χ0v) is 10.6. The molecular weight excluding hydrogens is 224 g/mol. The largest absolute Gasteiger partial charge is 0.390 e. The van der Waals surface area contributed by atoms with Crippen LogP contribution in [0.4, 0.5) is 5.13 Å². The van der Waals surface area contributed by atoms with Crippen LogP contribution in [-0.4, -0.2) is 42.0 Å². The second-order valence-electron chi connectivity index (χ2n) is 4.70. The molecule has 1 saturated heterocycles. The average molecular weight is 242 g/mol. The normalized spacial score (nSPS) is 17.8. The molecule has 4 nitrogen and oxygen atoms in total. The average Bonchev–Trinajstić information content (AvgIpc) is 2.65. The van der Waals surface area contributed by atoms with Gasteiger partial charge in [0.2, 0.25) is 0 Å². The van der Waals surface area contributed by atoms with E-state index in [1.165, 1.54) is 0 Å². The summed E-state index contributed by atoms with van der Waals surface area (Å²) in [5.41, 5.74) is -0.658. The van der Waals surface area contributed by atoms with Gasteiger partial charge in [-0.1, -0.05) is 0 Å². The molecule has 0 radical (unpaired) electrons. The summed E-state index contributed by atoms with van der Waals surface area (Å²) in [6.07, 6.45) is 2.53. The van der Waals surface area contributed by atoms with Crippen LogP contribution in [0, 0.1) is 0 Å². The standard InChI is InChI=1S/C11H18N2O2S/c1-11(2,14)7-9-8-12-10(16-9)13-3-5-15-6-4-13/h8,14H,3-7H2,1-2H3. The lowest BCUT2D eigenvalue weighted by Crippen LogP contribution is -2.36. The van der Waals surface area contributed by atoms with Crippen molar-refractivity contribution < 1.29 is 9.84 Å². The van der Waals surface area contributed by atoms with E-state index >= 15 is 0 Å². The van der Waals surface area contributed by atoms with E-state index in [1.807, 2.05) is 20.0 Å². The van der Waals surface area contributed by atoms with Gasteiger partial charge in [-0.15, -0.1) is 11.3 Å². The Bertz CT molecular complexity index is 340. The van der Waals surface area contributed by atoms with Gasteiger partial charge in [0, 0.05) is 30.6 Å². The summed E-state index contributed by atoms with van der Waals surface area (Å²) in [4.78, 5) is 7.77. The van der Waals surface area contributed by atoms with Gasteiger partial charge in [-0.05, 0) is 13.8 Å². The Balaban J connectivity index is 2.01. The first-order chi connectivity index (χ1) is 7.54. The van der Waals surface area contributed by atoms with Gasteiger partial charge in [-0.2, -0.15) is 0 Å². The molecule has 5 heteroatoms. The fourth-order valence-corrected chi connectivity index (χ4v) is 2.89. The minimum atomic E-state index is -0.658. The van der Waals surface area contributed by atoms with Crippen molar-refractivity contribution in [1.29, 1.82) is 0 Å². The molecule has 1 fully saturated rings. The molecule has 0 saturated carbocycles. The lowest BCUT2D eigenvalue weighted by Gasteiger charge is -2.26. The molecule has 2 heterocycles. The maximum atomic E-state index is 9.74. The molecule has 1 aliphatic rings. The first kappa shape index (κ1) is 11.8. The van der Waals surface area contributed by atoms with Crippen LogP contribution in [0.3, 0.4) is 0 Å². The minimum Gasteiger partial charge on any atom is -0.390 e. The molecule has 0 amide bonds. The lowest BCUT2D eigenvalue weighted by molar-refractivity contribution is 0.0818. The fraction of sp³-hybridized carbons (Fsp3) is 0.727. The molecule has 1 aliphatic heterocycles. The summed E-state index contributed by atoms with van der Waals surface area (Å²) in [7, 11) is 0. The summed E-state index contributed by atoms with van der Waals surface area (Å²) >= 11 is 1.67. The van der Waals surface area contributed by atoms with Gasteiger partial charge >= 0.3 is 0 Å². The number of thiazole rings is 1. The third kappa shape index (κ3) is 3.17. The predicted molar refractivity (Wildman–Crippen MR) is 65.1 cm³/mol. The van der Waals surface area contributed by atoms with Crippen LogP contribution in [0.2, 0.25) is 0 Å². The number of aromatic nitrogens is 1. The Hall–Kier alpha value is -0.650. The zero-order valence-electron chi connectivity index (χ0n) is 9.77. The van der Waals surface area contributed by atoms with E-state index in [4.69, 9.17) is 4.74 Å². The van der Waals surface area contributed by atoms with Crippen LogP contribution in [0.15, 0.2) is 6.20 Å². The topological polar surface area (TPSA) is 45.6 Å². The molecule has 0 aliphatic carbocycles. The van der Waals surface area contributed by atoms with Gasteiger partial charge in [0.15, 0.2) is 5.13 Å². The Morgan fingerprint density at radius 1 is 1.50 bits per heavy atom. The zero-order chi connectivity index (χ0) is 11.6. The maximum absolute atomic E-state index is 9.74. The van der Waals surface area contributed by atoms with Crippen molar-refractivity contribution in [3.05, 3.63) is 11.1 Å². The van der Waals surface area contributed by atoms with Gasteiger partial charge in [-0.3, -0.25) is 0 Å². The molecule has 0 unspecified atom stereocenters. The van der Waals surface area contributed by atoms with E-state index in [-0.39, 0.29) is 0 Å². The summed E-state index contributed by atoms with van der Waals surface area (Å²) in [5.74, 6) is 0. The Morgan fingerprint density at radius 2 is 2.19 bits per heavy atom. The lowest BCUT2D eigenvalue weighted by atomic mass is 10.1. The maximum Gasteiger partial charge on any atom is 0.185 e. The molecule has 90 valence electrons. The van der Waals surface area contributed by atoms with E-state index < -0.39 is 5.60 Å². The Morgan fingerprint density at radius 3 is 2.81 bits per heavy atom. The van der Waals surface area contributed by atoms with Gasteiger partial charge in [0.25, 0.3) is 0 Å². The second-order valence-corrected chi connectivity index (χ2v) is 5.79. The van der Waals surface area contributed by atoms with Gasteiger partial charge in [0.05, 0.1) is 18.8 Å². The van der Waals surface area contributed by atoms with Crippen LogP contribution in [0.25, 0.3) is 0 Å². The molecule has 0 spiro atoms. The summed E-state index contributed by atoms with van der Waals surface area (Å²) < 4.78 is 5.30. The van der Waals surface area contributed by atoms with Crippen molar-refractivity contribution in [1.82, 2.24) is 4.98 Å². The van der Waals surface area contributed by atoms with Crippen LogP contribution in [0.1, 0.15) is 18.7 Å². The summed E-state index contributed by atoms with van der Waals surface area (Å²) in [6.45, 7) is 7.02. The second kappa shape index (κ2) is 4.69. The van der Waals surface area contributed by atoms with E-state index in [1.54, 1.807) is 11.3 Å². The highest BCUT2D eigenvalue weighted by molar-refractivity contribution is 7.15. The number of hydrogen-bond donors (Lipinski definition) is 1. The molecule has 16 heavy (non-hydrogen) atoms. The Labute approximate surface area is 99.9 Å². The van der Waals surface area contributed by atoms with Crippen LogP contribution in [-0.2, 0) is 11.2 Å². The first-order valence-corrected chi connectivity index (χ1v) is 6.36. The van der Waals surface area contributed by atoms with Crippen LogP contribution in [0.5, 0.6) is 0 Å². The number of nitrogens with zero attached hydrogens (tertiary/aromatic N) is 2. The highest BCUT2D eigenvalue weighted by Gasteiger charge is 2.18. The SMILES string of the molecule is CC(C)(O)Cc1cnc(N2CCOCC2)s1. The molecule has 0 aromatic carbocycles. The van der Waals surface area contributed by atoms with E-state index in [0.717, 1.165) is 36.3 Å². The summed E-state index contributed by atoms with van der Waals surface area (Å²) in [6, 6.07) is 0.